The second kappa shape index (κ2) is 2.36. The number of ether oxygens (including phenoxy) is 2. The summed E-state index contributed by atoms with van der Waals surface area (Å²) in [4.78, 5) is 10.4. The Morgan fingerprint density at radius 2 is 2.67 bits per heavy atom. The molecule has 5 nitrogen and oxygen atoms in total. The van der Waals surface area contributed by atoms with E-state index < -0.39 is 5.91 Å². The SMILES string of the molecule is O=C(NO)C1=COCO1. The third kappa shape index (κ3) is 1.11. The van der Waals surface area contributed by atoms with E-state index in [0.29, 0.717) is 0 Å². The third-order valence-electron chi connectivity index (χ3n) is 0.798. The minimum absolute atomic E-state index is 0.0162. The number of amides is 1. The van der Waals surface area contributed by atoms with Gasteiger partial charge in [-0.05, 0) is 0 Å². The summed E-state index contributed by atoms with van der Waals surface area (Å²) >= 11 is 0. The molecule has 0 fully saturated rings. The second-order valence-corrected chi connectivity index (χ2v) is 1.35. The highest BCUT2D eigenvalue weighted by Gasteiger charge is 2.14. The Morgan fingerprint density at radius 3 is 3.11 bits per heavy atom. The Bertz CT molecular complexity index is 153. The van der Waals surface area contributed by atoms with Gasteiger partial charge in [-0.25, -0.2) is 5.48 Å². The molecule has 2 N–H and O–H groups in total. The minimum atomic E-state index is -0.701. The van der Waals surface area contributed by atoms with Crippen LogP contribution in [0.25, 0.3) is 0 Å². The number of carbonyl (C=O) groups excluding carboxylic acids is 1. The molecule has 0 unspecified atom stereocenters. The molecular formula is C4H5NO4. The van der Waals surface area contributed by atoms with Crippen LogP contribution in [0.2, 0.25) is 0 Å². The van der Waals surface area contributed by atoms with Crippen LogP contribution in [0.4, 0.5) is 0 Å². The number of rotatable bonds is 1. The molecule has 0 aromatic rings. The van der Waals surface area contributed by atoms with E-state index in [-0.39, 0.29) is 12.6 Å². The molecule has 0 aromatic heterocycles. The first-order valence-electron chi connectivity index (χ1n) is 2.23. The van der Waals surface area contributed by atoms with Crippen molar-refractivity contribution in [2.45, 2.75) is 0 Å². The zero-order chi connectivity index (χ0) is 6.69. The van der Waals surface area contributed by atoms with Crippen LogP contribution in [0.3, 0.4) is 0 Å². The van der Waals surface area contributed by atoms with Crippen molar-refractivity contribution in [1.82, 2.24) is 5.48 Å². The molecule has 1 heterocycles. The summed E-state index contributed by atoms with van der Waals surface area (Å²) in [5.41, 5.74) is 1.39. The van der Waals surface area contributed by atoms with E-state index in [4.69, 9.17) is 5.21 Å². The molecule has 0 radical (unpaired) electrons. The van der Waals surface area contributed by atoms with Gasteiger partial charge in [-0.1, -0.05) is 0 Å². The number of hydrogen-bond acceptors (Lipinski definition) is 4. The predicted molar refractivity (Wildman–Crippen MR) is 25.0 cm³/mol. The Morgan fingerprint density at radius 1 is 1.89 bits per heavy atom. The van der Waals surface area contributed by atoms with E-state index >= 15 is 0 Å². The highest BCUT2D eigenvalue weighted by molar-refractivity contribution is 5.90. The maximum absolute atomic E-state index is 10.4. The van der Waals surface area contributed by atoms with Gasteiger partial charge >= 0.3 is 5.91 Å². The molecule has 1 aliphatic heterocycles. The monoisotopic (exact) mass is 131 g/mol. The minimum Gasteiger partial charge on any atom is -0.461 e. The topological polar surface area (TPSA) is 67.8 Å². The van der Waals surface area contributed by atoms with Crippen LogP contribution in [-0.2, 0) is 14.3 Å². The summed E-state index contributed by atoms with van der Waals surface area (Å²) < 4.78 is 9.10. The molecule has 9 heavy (non-hydrogen) atoms. The standard InChI is InChI=1S/C4H5NO4/c6-4(5-7)3-1-8-2-9-3/h1,7H,2H2,(H,5,6). The Hall–Kier alpha value is -1.23. The largest absolute Gasteiger partial charge is 0.461 e. The van der Waals surface area contributed by atoms with Crippen molar-refractivity contribution in [2.24, 2.45) is 0 Å². The first-order chi connectivity index (χ1) is 4.34. The van der Waals surface area contributed by atoms with Gasteiger partial charge in [-0.2, -0.15) is 0 Å². The number of carbonyl (C=O) groups is 1. The number of nitrogens with one attached hydrogen (secondary N) is 1. The van der Waals surface area contributed by atoms with E-state index in [9.17, 15) is 4.79 Å². The summed E-state index contributed by atoms with van der Waals surface area (Å²) in [7, 11) is 0. The van der Waals surface area contributed by atoms with Crippen LogP contribution in [0.5, 0.6) is 0 Å². The smallest absolute Gasteiger partial charge is 0.313 e. The molecule has 0 saturated heterocycles. The van der Waals surface area contributed by atoms with E-state index in [1.165, 1.54) is 5.48 Å². The van der Waals surface area contributed by atoms with E-state index in [0.717, 1.165) is 6.26 Å². The number of hydrogen-bond donors (Lipinski definition) is 2. The Labute approximate surface area is 50.8 Å². The van der Waals surface area contributed by atoms with Gasteiger partial charge in [0.25, 0.3) is 0 Å². The lowest BCUT2D eigenvalue weighted by Crippen LogP contribution is -2.20. The molecule has 0 aliphatic carbocycles. The van der Waals surface area contributed by atoms with Crippen molar-refractivity contribution in [3.05, 3.63) is 12.0 Å². The average molecular weight is 131 g/mol. The first-order valence-corrected chi connectivity index (χ1v) is 2.23. The van der Waals surface area contributed by atoms with Crippen LogP contribution < -0.4 is 5.48 Å². The van der Waals surface area contributed by atoms with Gasteiger partial charge in [-0.3, -0.25) is 10.0 Å². The second-order valence-electron chi connectivity index (χ2n) is 1.35. The molecule has 0 saturated carbocycles. The fourth-order valence-electron chi connectivity index (χ4n) is 0.415. The van der Waals surface area contributed by atoms with Gasteiger partial charge < -0.3 is 9.47 Å². The lowest BCUT2D eigenvalue weighted by molar-refractivity contribution is -0.128. The molecule has 5 heteroatoms. The van der Waals surface area contributed by atoms with Crippen LogP contribution in [0, 0.1) is 0 Å². The van der Waals surface area contributed by atoms with Crippen molar-refractivity contribution < 1.29 is 19.5 Å². The summed E-state index contributed by atoms with van der Waals surface area (Å²) in [6.07, 6.45) is 1.13. The Balaban J connectivity index is 2.51. The lowest BCUT2D eigenvalue weighted by atomic mass is 10.5. The van der Waals surface area contributed by atoms with Crippen molar-refractivity contribution >= 4 is 5.91 Å². The molecule has 1 aliphatic rings. The normalized spacial score (nSPS) is 15.4. The zero-order valence-electron chi connectivity index (χ0n) is 4.46. The molecule has 50 valence electrons. The summed E-state index contributed by atoms with van der Waals surface area (Å²) in [5, 5.41) is 8.02. The molecule has 0 atom stereocenters. The van der Waals surface area contributed by atoms with Gasteiger partial charge in [-0.15, -0.1) is 0 Å². The molecule has 0 bridgehead atoms. The van der Waals surface area contributed by atoms with Crippen LogP contribution in [0.1, 0.15) is 0 Å². The zero-order valence-corrected chi connectivity index (χ0v) is 4.46. The fraction of sp³-hybridized carbons (Fsp3) is 0.250. The van der Waals surface area contributed by atoms with E-state index in [1.54, 1.807) is 0 Å². The van der Waals surface area contributed by atoms with Crippen molar-refractivity contribution in [1.29, 1.82) is 0 Å². The van der Waals surface area contributed by atoms with E-state index in [2.05, 4.69) is 9.47 Å². The van der Waals surface area contributed by atoms with Crippen molar-refractivity contribution in [3.8, 4) is 0 Å². The molecular weight excluding hydrogens is 126 g/mol. The maximum Gasteiger partial charge on any atom is 0.313 e. The van der Waals surface area contributed by atoms with Crippen LogP contribution in [-0.4, -0.2) is 17.9 Å². The number of hydroxylamine groups is 1. The molecule has 0 aromatic carbocycles. The van der Waals surface area contributed by atoms with Gasteiger partial charge in [0, 0.05) is 0 Å². The van der Waals surface area contributed by atoms with Crippen molar-refractivity contribution in [2.75, 3.05) is 6.79 Å². The molecule has 1 amide bonds. The summed E-state index contributed by atoms with van der Waals surface area (Å²) in [5.74, 6) is -0.718. The summed E-state index contributed by atoms with van der Waals surface area (Å²) in [6, 6.07) is 0. The van der Waals surface area contributed by atoms with Gasteiger partial charge in [0.2, 0.25) is 12.6 Å². The predicted octanol–water partition coefficient (Wildman–Crippen LogP) is -0.663. The Kier molecular flexibility index (Phi) is 1.55. The quantitative estimate of drug-likeness (QED) is 0.366. The maximum atomic E-state index is 10.4. The first kappa shape index (κ1) is 5.90. The third-order valence-corrected chi connectivity index (χ3v) is 0.798. The average Bonchev–Trinajstić information content (AvgIpc) is 2.37. The van der Waals surface area contributed by atoms with Crippen molar-refractivity contribution in [3.63, 3.8) is 0 Å². The molecule has 0 spiro atoms. The van der Waals surface area contributed by atoms with Crippen LogP contribution >= 0.6 is 0 Å². The summed E-state index contributed by atoms with van der Waals surface area (Å²) in [6.45, 7) is 0.0305. The highest BCUT2D eigenvalue weighted by atomic mass is 16.7. The fourth-order valence-corrected chi connectivity index (χ4v) is 0.415. The van der Waals surface area contributed by atoms with Crippen LogP contribution in [0.15, 0.2) is 12.0 Å². The lowest BCUT2D eigenvalue weighted by Gasteiger charge is -1.95. The van der Waals surface area contributed by atoms with Gasteiger partial charge in [0.1, 0.15) is 6.26 Å². The highest BCUT2D eigenvalue weighted by Crippen LogP contribution is 2.04. The van der Waals surface area contributed by atoms with Gasteiger partial charge in [0.05, 0.1) is 0 Å². The molecule has 1 rings (SSSR count). The van der Waals surface area contributed by atoms with E-state index in [1.807, 2.05) is 0 Å². The van der Waals surface area contributed by atoms with Gasteiger partial charge in [0.15, 0.2) is 0 Å².